The van der Waals surface area contributed by atoms with Gasteiger partial charge in [-0.05, 0) is 22.6 Å². The van der Waals surface area contributed by atoms with Crippen molar-refractivity contribution in [3.63, 3.8) is 0 Å². The molecule has 0 unspecified atom stereocenters. The molecule has 2 aromatic rings. The monoisotopic (exact) mass is 331 g/mol. The van der Waals surface area contributed by atoms with Crippen molar-refractivity contribution >= 4 is 34.2 Å². The van der Waals surface area contributed by atoms with Gasteiger partial charge >= 0.3 is 0 Å². The summed E-state index contributed by atoms with van der Waals surface area (Å²) < 4.78 is 7.76. The molecule has 6 nitrogen and oxygen atoms in total. The van der Waals surface area contributed by atoms with Crippen LogP contribution < -0.4 is 10.1 Å². The van der Waals surface area contributed by atoms with Crippen LogP contribution in [0.3, 0.4) is 0 Å². The van der Waals surface area contributed by atoms with Crippen LogP contribution in [0.5, 0.6) is 5.88 Å². The quantitative estimate of drug-likeness (QED) is 0.865. The summed E-state index contributed by atoms with van der Waals surface area (Å²) in [7, 11) is 3.39. The van der Waals surface area contributed by atoms with Gasteiger partial charge in [0.1, 0.15) is 5.69 Å². The number of aromatic nitrogens is 4. The number of hydrogen-bond donors (Lipinski definition) is 1. The molecule has 2 heterocycles. The minimum Gasteiger partial charge on any atom is -0.478 e. The largest absolute Gasteiger partial charge is 0.478 e. The molecule has 84 valence electrons. The van der Waals surface area contributed by atoms with E-state index >= 15 is 0 Å². The van der Waals surface area contributed by atoms with Crippen LogP contribution in [0.4, 0.5) is 11.6 Å². The second kappa shape index (κ2) is 4.64. The van der Waals surface area contributed by atoms with Gasteiger partial charge in [-0.2, -0.15) is 0 Å². The van der Waals surface area contributed by atoms with Crippen molar-refractivity contribution in [3.05, 3.63) is 22.2 Å². The Morgan fingerprint density at radius 2 is 2.06 bits per heavy atom. The number of rotatable bonds is 3. The van der Waals surface area contributed by atoms with E-state index in [-0.39, 0.29) is 0 Å². The lowest BCUT2D eigenvalue weighted by atomic mass is 10.5. The fourth-order valence-corrected chi connectivity index (χ4v) is 1.48. The highest BCUT2D eigenvalue weighted by atomic mass is 127. The summed E-state index contributed by atoms with van der Waals surface area (Å²) in [5, 5.41) is 7.16. The summed E-state index contributed by atoms with van der Waals surface area (Å²) in [5.74, 6) is 1.04. The van der Waals surface area contributed by atoms with Crippen LogP contribution in [0.25, 0.3) is 0 Å². The fraction of sp³-hybridized carbons (Fsp3) is 0.222. The van der Waals surface area contributed by atoms with Crippen molar-refractivity contribution in [3.8, 4) is 5.88 Å². The maximum Gasteiger partial charge on any atom is 0.256 e. The average Bonchev–Trinajstić information content (AvgIpc) is 2.62. The zero-order valence-electron chi connectivity index (χ0n) is 8.81. The molecule has 1 N–H and O–H groups in total. The molecule has 0 fully saturated rings. The molecular weight excluding hydrogens is 321 g/mol. The summed E-state index contributed by atoms with van der Waals surface area (Å²) >= 11 is 2.15. The van der Waals surface area contributed by atoms with Gasteiger partial charge in [-0.3, -0.25) is 4.68 Å². The molecule has 0 aliphatic rings. The first kappa shape index (κ1) is 11.1. The van der Waals surface area contributed by atoms with Crippen molar-refractivity contribution in [1.82, 2.24) is 19.7 Å². The van der Waals surface area contributed by atoms with Crippen LogP contribution in [-0.2, 0) is 7.05 Å². The number of ether oxygens (including phenoxy) is 1. The molecule has 0 atom stereocenters. The van der Waals surface area contributed by atoms with Gasteiger partial charge in [0.2, 0.25) is 5.95 Å². The minimum atomic E-state index is 0.518. The molecule has 0 bridgehead atoms. The Bertz CT molecular complexity index is 481. The van der Waals surface area contributed by atoms with Crippen LogP contribution in [0, 0.1) is 3.57 Å². The molecule has 0 saturated heterocycles. The van der Waals surface area contributed by atoms with Crippen LogP contribution in [0.15, 0.2) is 18.6 Å². The Kier molecular flexibility index (Phi) is 3.22. The third-order valence-electron chi connectivity index (χ3n) is 1.86. The molecule has 0 aliphatic carbocycles. The Labute approximate surface area is 106 Å². The molecule has 2 rings (SSSR count). The first-order chi connectivity index (χ1) is 7.69. The lowest BCUT2D eigenvalue weighted by molar-refractivity contribution is 0.393. The van der Waals surface area contributed by atoms with E-state index in [1.165, 1.54) is 0 Å². The predicted molar refractivity (Wildman–Crippen MR) is 67.8 cm³/mol. The number of nitrogens with zero attached hydrogens (tertiary/aromatic N) is 4. The van der Waals surface area contributed by atoms with Crippen molar-refractivity contribution in [2.45, 2.75) is 0 Å². The minimum absolute atomic E-state index is 0.518. The van der Waals surface area contributed by atoms with E-state index in [0.29, 0.717) is 11.8 Å². The summed E-state index contributed by atoms with van der Waals surface area (Å²) in [6.45, 7) is 0. The number of anilines is 2. The molecule has 16 heavy (non-hydrogen) atoms. The standard InChI is InChI=1S/C9H10IN5O/c1-15-5-7(8(14-15)16-2)13-9-11-3-6(10)4-12-9/h3-5H,1-2H3,(H,11,12,13). The summed E-state index contributed by atoms with van der Waals surface area (Å²) in [6.07, 6.45) is 5.28. The van der Waals surface area contributed by atoms with Crippen LogP contribution in [0.1, 0.15) is 0 Å². The average molecular weight is 331 g/mol. The highest BCUT2D eigenvalue weighted by molar-refractivity contribution is 14.1. The molecule has 2 aromatic heterocycles. The van der Waals surface area contributed by atoms with Crippen LogP contribution in [0.2, 0.25) is 0 Å². The van der Waals surface area contributed by atoms with Crippen molar-refractivity contribution in [2.75, 3.05) is 12.4 Å². The predicted octanol–water partition coefficient (Wildman–Crippen LogP) is 1.57. The Hall–Kier alpha value is -1.38. The summed E-state index contributed by atoms with van der Waals surface area (Å²) in [6, 6.07) is 0. The highest BCUT2D eigenvalue weighted by Crippen LogP contribution is 2.23. The summed E-state index contributed by atoms with van der Waals surface area (Å²) in [5.41, 5.74) is 0.742. The van der Waals surface area contributed by atoms with Crippen molar-refractivity contribution in [2.24, 2.45) is 7.05 Å². The maximum atomic E-state index is 5.11. The topological polar surface area (TPSA) is 64.9 Å². The zero-order valence-corrected chi connectivity index (χ0v) is 11.0. The normalized spacial score (nSPS) is 10.2. The van der Waals surface area contributed by atoms with E-state index in [1.54, 1.807) is 30.4 Å². The van der Waals surface area contributed by atoms with Gasteiger partial charge in [0.25, 0.3) is 5.88 Å². The number of methoxy groups -OCH3 is 1. The zero-order chi connectivity index (χ0) is 11.5. The Morgan fingerprint density at radius 1 is 1.38 bits per heavy atom. The van der Waals surface area contributed by atoms with Gasteiger partial charge in [0.15, 0.2) is 0 Å². The van der Waals surface area contributed by atoms with E-state index in [4.69, 9.17) is 4.74 Å². The Morgan fingerprint density at radius 3 is 2.69 bits per heavy atom. The van der Waals surface area contributed by atoms with E-state index in [9.17, 15) is 0 Å². The van der Waals surface area contributed by atoms with Crippen molar-refractivity contribution < 1.29 is 4.74 Å². The first-order valence-corrected chi connectivity index (χ1v) is 5.59. The number of aryl methyl sites for hydroxylation is 1. The molecule has 0 aliphatic heterocycles. The second-order valence-corrected chi connectivity index (χ2v) is 4.32. The van der Waals surface area contributed by atoms with Gasteiger partial charge in [0, 0.05) is 23.0 Å². The Balaban J connectivity index is 2.22. The molecular formula is C9H10IN5O. The second-order valence-electron chi connectivity index (χ2n) is 3.08. The van der Waals surface area contributed by atoms with E-state index in [2.05, 4.69) is 43.0 Å². The van der Waals surface area contributed by atoms with E-state index in [0.717, 1.165) is 9.26 Å². The molecule has 0 aromatic carbocycles. The van der Waals surface area contributed by atoms with Crippen LogP contribution in [-0.4, -0.2) is 26.9 Å². The number of nitrogens with one attached hydrogen (secondary N) is 1. The van der Waals surface area contributed by atoms with Crippen molar-refractivity contribution in [1.29, 1.82) is 0 Å². The molecule has 7 heteroatoms. The molecule has 0 spiro atoms. The van der Waals surface area contributed by atoms with E-state index < -0.39 is 0 Å². The van der Waals surface area contributed by atoms with Gasteiger partial charge < -0.3 is 10.1 Å². The van der Waals surface area contributed by atoms with Gasteiger partial charge in [-0.15, -0.1) is 5.10 Å². The fourth-order valence-electron chi connectivity index (χ4n) is 1.20. The maximum absolute atomic E-state index is 5.11. The highest BCUT2D eigenvalue weighted by Gasteiger charge is 2.08. The number of halogens is 1. The lowest BCUT2D eigenvalue weighted by Crippen LogP contribution is -1.97. The smallest absolute Gasteiger partial charge is 0.256 e. The van der Waals surface area contributed by atoms with Gasteiger partial charge in [0.05, 0.1) is 13.3 Å². The van der Waals surface area contributed by atoms with Crippen LogP contribution >= 0.6 is 22.6 Å². The number of hydrogen-bond acceptors (Lipinski definition) is 5. The molecule has 0 amide bonds. The summed E-state index contributed by atoms with van der Waals surface area (Å²) in [4.78, 5) is 8.27. The molecule has 0 saturated carbocycles. The first-order valence-electron chi connectivity index (χ1n) is 4.51. The third kappa shape index (κ3) is 2.40. The van der Waals surface area contributed by atoms with E-state index in [1.807, 2.05) is 7.05 Å². The van der Waals surface area contributed by atoms with Gasteiger partial charge in [-0.25, -0.2) is 9.97 Å². The SMILES string of the molecule is COc1nn(C)cc1Nc1ncc(I)cn1. The lowest BCUT2D eigenvalue weighted by Gasteiger charge is -2.02. The van der Waals surface area contributed by atoms with Gasteiger partial charge in [-0.1, -0.05) is 0 Å². The third-order valence-corrected chi connectivity index (χ3v) is 2.41. The molecule has 0 radical (unpaired) electrons.